The Morgan fingerprint density at radius 1 is 1.22 bits per heavy atom. The summed E-state index contributed by atoms with van der Waals surface area (Å²) in [6, 6.07) is 8.51. The quantitative estimate of drug-likeness (QED) is 0.723. The van der Waals surface area contributed by atoms with Gasteiger partial charge in [0.2, 0.25) is 5.82 Å². The number of carbonyl (C=O) groups excluding carboxylic acids is 1. The molecule has 0 aliphatic rings. The number of nitrogens with one attached hydrogen (secondary N) is 2. The monoisotopic (exact) mass is 392 g/mol. The summed E-state index contributed by atoms with van der Waals surface area (Å²) in [6.07, 6.45) is 0.226. The second-order valence-corrected chi connectivity index (χ2v) is 7.33. The molecule has 1 aromatic heterocycles. The van der Waals surface area contributed by atoms with Crippen LogP contribution in [0.3, 0.4) is 0 Å². The molecule has 0 unspecified atom stereocenters. The summed E-state index contributed by atoms with van der Waals surface area (Å²) in [7, 11) is 0. The molecule has 3 N–H and O–H groups in total. The Bertz CT molecular complexity index is 904. The molecule has 8 nitrogen and oxygen atoms in total. The lowest BCUT2D eigenvalue weighted by molar-refractivity contribution is -0.137. The maximum Gasteiger partial charge on any atom is 0.323 e. The number of nitrogens with zero attached hydrogens (tertiary/aromatic N) is 2. The number of rotatable bonds is 5. The van der Waals surface area contributed by atoms with Crippen LogP contribution in [0.15, 0.2) is 35.1 Å². The fourth-order valence-electron chi connectivity index (χ4n) is 2.39. The van der Waals surface area contributed by atoms with Crippen molar-refractivity contribution in [3.8, 4) is 0 Å². The Morgan fingerprint density at radius 3 is 2.41 bits per heavy atom. The summed E-state index contributed by atoms with van der Waals surface area (Å²) in [5.74, 6) is -1.54. The van der Waals surface area contributed by atoms with E-state index in [0.29, 0.717) is 0 Å². The second kappa shape index (κ2) is 8.22. The van der Waals surface area contributed by atoms with Crippen LogP contribution in [-0.4, -0.2) is 32.2 Å². The number of carbonyl (C=O) groups is 2. The van der Waals surface area contributed by atoms with Crippen LogP contribution in [-0.2, 0) is 17.8 Å². The van der Waals surface area contributed by atoms with Crippen molar-refractivity contribution in [3.05, 3.63) is 57.1 Å². The van der Waals surface area contributed by atoms with E-state index in [1.807, 2.05) is 30.3 Å². The number of carboxylic acid groups (broad SMARTS) is 1. The van der Waals surface area contributed by atoms with E-state index in [-0.39, 0.29) is 23.1 Å². The van der Waals surface area contributed by atoms with Crippen LogP contribution in [0.2, 0.25) is 5.15 Å². The minimum atomic E-state index is -1.21. The molecule has 2 amide bonds. The summed E-state index contributed by atoms with van der Waals surface area (Å²) in [5.41, 5.74) is -0.166. The van der Waals surface area contributed by atoms with Crippen molar-refractivity contribution in [3.63, 3.8) is 0 Å². The van der Waals surface area contributed by atoms with Crippen LogP contribution in [0.1, 0.15) is 32.0 Å². The fourth-order valence-corrected chi connectivity index (χ4v) is 2.65. The van der Waals surface area contributed by atoms with Gasteiger partial charge in [-0.15, -0.1) is 0 Å². The molecule has 0 saturated heterocycles. The molecule has 1 aromatic carbocycles. The first kappa shape index (κ1) is 20.4. The topological polar surface area (TPSA) is 113 Å². The smallest absolute Gasteiger partial charge is 0.323 e. The molecule has 144 valence electrons. The molecule has 0 aliphatic carbocycles. The highest BCUT2D eigenvalue weighted by Crippen LogP contribution is 2.18. The molecule has 0 atom stereocenters. The minimum absolute atomic E-state index is 0.0502. The van der Waals surface area contributed by atoms with Crippen LogP contribution in [0.5, 0.6) is 0 Å². The van der Waals surface area contributed by atoms with E-state index in [0.717, 1.165) is 10.1 Å². The van der Waals surface area contributed by atoms with Gasteiger partial charge in [0.25, 0.3) is 5.56 Å². The lowest BCUT2D eigenvalue weighted by Crippen LogP contribution is -2.44. The molecule has 0 spiro atoms. The van der Waals surface area contributed by atoms with Gasteiger partial charge >= 0.3 is 12.0 Å². The first-order chi connectivity index (χ1) is 12.6. The maximum atomic E-state index is 12.7. The minimum Gasteiger partial charge on any atom is -0.480 e. The Balaban J connectivity index is 2.44. The molecule has 1 heterocycles. The SMILES string of the molecule is CC(C)(C)NC(=O)Nc1nc(Cl)c(Cc2ccccc2)n(CC(=O)O)c1=O. The van der Waals surface area contributed by atoms with E-state index < -0.39 is 29.6 Å². The number of hydrogen-bond donors (Lipinski definition) is 3. The van der Waals surface area contributed by atoms with Crippen molar-refractivity contribution >= 4 is 29.4 Å². The zero-order chi connectivity index (χ0) is 20.2. The van der Waals surface area contributed by atoms with Crippen LogP contribution in [0, 0.1) is 0 Å². The summed E-state index contributed by atoms with van der Waals surface area (Å²) in [5, 5.41) is 14.1. The highest BCUT2D eigenvalue weighted by atomic mass is 35.5. The van der Waals surface area contributed by atoms with Crippen LogP contribution >= 0.6 is 11.6 Å². The first-order valence-electron chi connectivity index (χ1n) is 8.21. The Hall–Kier alpha value is -2.87. The Labute approximate surface area is 161 Å². The number of halogens is 1. The molecule has 0 bridgehead atoms. The van der Waals surface area contributed by atoms with Crippen LogP contribution in [0.4, 0.5) is 10.6 Å². The third-order valence-corrected chi connectivity index (χ3v) is 3.75. The molecule has 0 fully saturated rings. The van der Waals surface area contributed by atoms with E-state index in [9.17, 15) is 19.5 Å². The van der Waals surface area contributed by atoms with Gasteiger partial charge in [-0.2, -0.15) is 0 Å². The van der Waals surface area contributed by atoms with Crippen molar-refractivity contribution in [1.82, 2.24) is 14.9 Å². The molecule has 0 radical (unpaired) electrons. The maximum absolute atomic E-state index is 12.7. The standard InChI is InChI=1S/C18H21ClN4O4/c1-18(2,3)22-17(27)21-15-16(26)23(10-13(24)25)12(14(19)20-15)9-11-7-5-4-6-8-11/h4-8H,9-10H2,1-3H3,(H,24,25)(H2,20,21,22,27). The number of hydrogen-bond acceptors (Lipinski definition) is 4. The van der Waals surface area contributed by atoms with Crippen molar-refractivity contribution in [2.24, 2.45) is 0 Å². The Kier molecular flexibility index (Phi) is 6.22. The second-order valence-electron chi connectivity index (χ2n) is 6.97. The van der Waals surface area contributed by atoms with Gasteiger partial charge in [-0.05, 0) is 26.3 Å². The third kappa shape index (κ3) is 5.82. The van der Waals surface area contributed by atoms with E-state index in [4.69, 9.17) is 11.6 Å². The van der Waals surface area contributed by atoms with E-state index in [1.165, 1.54) is 0 Å². The van der Waals surface area contributed by atoms with Crippen molar-refractivity contribution in [2.45, 2.75) is 39.3 Å². The molecule has 2 aromatic rings. The lowest BCUT2D eigenvalue weighted by Gasteiger charge is -2.21. The zero-order valence-corrected chi connectivity index (χ0v) is 16.0. The normalized spacial score (nSPS) is 11.1. The lowest BCUT2D eigenvalue weighted by atomic mass is 10.1. The van der Waals surface area contributed by atoms with Crippen molar-refractivity contribution in [1.29, 1.82) is 0 Å². The van der Waals surface area contributed by atoms with Gasteiger partial charge in [0.1, 0.15) is 6.54 Å². The van der Waals surface area contributed by atoms with E-state index in [2.05, 4.69) is 15.6 Å². The van der Waals surface area contributed by atoms with E-state index in [1.54, 1.807) is 20.8 Å². The highest BCUT2D eigenvalue weighted by Gasteiger charge is 2.20. The summed E-state index contributed by atoms with van der Waals surface area (Å²) in [6.45, 7) is 4.73. The number of benzene rings is 1. The fraction of sp³-hybridized carbons (Fsp3) is 0.333. The van der Waals surface area contributed by atoms with Gasteiger partial charge in [0.05, 0.1) is 5.69 Å². The Morgan fingerprint density at radius 2 is 1.85 bits per heavy atom. The van der Waals surface area contributed by atoms with Gasteiger partial charge in [0.15, 0.2) is 5.15 Å². The van der Waals surface area contributed by atoms with Gasteiger partial charge in [-0.1, -0.05) is 41.9 Å². The average molecular weight is 393 g/mol. The van der Waals surface area contributed by atoms with Crippen LogP contribution in [0.25, 0.3) is 0 Å². The number of aromatic nitrogens is 2. The molecule has 9 heteroatoms. The molecular weight excluding hydrogens is 372 g/mol. The highest BCUT2D eigenvalue weighted by molar-refractivity contribution is 6.30. The number of aliphatic carboxylic acids is 1. The molecule has 0 saturated carbocycles. The molecular formula is C18H21ClN4O4. The van der Waals surface area contributed by atoms with Crippen molar-refractivity contribution < 1.29 is 14.7 Å². The van der Waals surface area contributed by atoms with Gasteiger partial charge < -0.3 is 10.4 Å². The predicted octanol–water partition coefficient (Wildman–Crippen LogP) is 2.49. The molecule has 0 aliphatic heterocycles. The number of urea groups is 1. The van der Waals surface area contributed by atoms with Crippen LogP contribution < -0.4 is 16.2 Å². The third-order valence-electron chi connectivity index (χ3n) is 3.45. The zero-order valence-electron chi connectivity index (χ0n) is 15.2. The number of amides is 2. The van der Waals surface area contributed by atoms with E-state index >= 15 is 0 Å². The summed E-state index contributed by atoms with van der Waals surface area (Å²) < 4.78 is 1.01. The van der Waals surface area contributed by atoms with Gasteiger partial charge in [0, 0.05) is 12.0 Å². The average Bonchev–Trinajstić information content (AvgIpc) is 2.54. The first-order valence-corrected chi connectivity index (χ1v) is 8.58. The van der Waals surface area contributed by atoms with Gasteiger partial charge in [-0.3, -0.25) is 19.5 Å². The molecule has 2 rings (SSSR count). The number of carboxylic acids is 1. The number of anilines is 1. The summed E-state index contributed by atoms with van der Waals surface area (Å²) >= 11 is 6.22. The molecule has 27 heavy (non-hydrogen) atoms. The van der Waals surface area contributed by atoms with Crippen molar-refractivity contribution in [2.75, 3.05) is 5.32 Å². The predicted molar refractivity (Wildman–Crippen MR) is 102 cm³/mol. The summed E-state index contributed by atoms with van der Waals surface area (Å²) in [4.78, 5) is 39.9. The van der Waals surface area contributed by atoms with Gasteiger partial charge in [-0.25, -0.2) is 9.78 Å². The largest absolute Gasteiger partial charge is 0.480 e.